The Morgan fingerprint density at radius 1 is 1.10 bits per heavy atom. The Balaban J connectivity index is 1.71. The Morgan fingerprint density at radius 2 is 1.80 bits per heavy atom. The minimum Gasteiger partial charge on any atom is -0.366 e. The summed E-state index contributed by atoms with van der Waals surface area (Å²) in [6.45, 7) is 2.64. The maximum Gasteiger partial charge on any atom is 0.271 e. The van der Waals surface area contributed by atoms with Crippen LogP contribution >= 0.6 is 0 Å². The van der Waals surface area contributed by atoms with Gasteiger partial charge in [0.25, 0.3) is 5.56 Å². The van der Waals surface area contributed by atoms with Gasteiger partial charge in [-0.05, 0) is 12.1 Å². The Labute approximate surface area is 114 Å². The van der Waals surface area contributed by atoms with E-state index in [0.717, 1.165) is 6.20 Å². The third-order valence-electron chi connectivity index (χ3n) is 3.33. The van der Waals surface area contributed by atoms with Crippen LogP contribution in [-0.2, 0) is 0 Å². The van der Waals surface area contributed by atoms with Crippen molar-refractivity contribution in [2.45, 2.75) is 0 Å². The monoisotopic (exact) mass is 275 g/mol. The van der Waals surface area contributed by atoms with E-state index in [2.05, 4.69) is 15.2 Å². The summed E-state index contributed by atoms with van der Waals surface area (Å²) in [6.07, 6.45) is 1.14. The summed E-state index contributed by atoms with van der Waals surface area (Å²) in [4.78, 5) is 17.8. The molecule has 0 radical (unpaired) electrons. The van der Waals surface area contributed by atoms with E-state index in [-0.39, 0.29) is 11.4 Å². The number of halogens is 1. The number of rotatable bonds is 2. The zero-order chi connectivity index (χ0) is 13.9. The summed E-state index contributed by atoms with van der Waals surface area (Å²) < 4.78 is 13.7. The molecule has 0 unspecified atom stereocenters. The molecule has 6 nitrogen and oxygen atoms in total. The van der Waals surface area contributed by atoms with Crippen molar-refractivity contribution in [2.24, 2.45) is 0 Å². The lowest BCUT2D eigenvalue weighted by molar-refractivity contribution is 0.592. The van der Waals surface area contributed by atoms with Gasteiger partial charge in [0.15, 0.2) is 0 Å². The van der Waals surface area contributed by atoms with Gasteiger partial charge in [0.05, 0.1) is 5.69 Å². The maximum absolute atomic E-state index is 13.7. The zero-order valence-corrected chi connectivity index (χ0v) is 10.8. The van der Waals surface area contributed by atoms with Gasteiger partial charge in [-0.25, -0.2) is 4.39 Å². The topological polar surface area (TPSA) is 65.1 Å². The van der Waals surface area contributed by atoms with Crippen molar-refractivity contribution in [1.82, 2.24) is 15.2 Å². The van der Waals surface area contributed by atoms with Crippen LogP contribution in [0.15, 0.2) is 35.3 Å². The molecule has 7 heteroatoms. The van der Waals surface area contributed by atoms with Gasteiger partial charge in [0, 0.05) is 26.2 Å². The van der Waals surface area contributed by atoms with E-state index in [0.29, 0.717) is 37.8 Å². The van der Waals surface area contributed by atoms with E-state index in [1.165, 1.54) is 6.07 Å². The quantitative estimate of drug-likeness (QED) is 0.871. The van der Waals surface area contributed by atoms with E-state index in [4.69, 9.17) is 0 Å². The molecular formula is C13H14FN5O. The largest absolute Gasteiger partial charge is 0.366 e. The zero-order valence-electron chi connectivity index (χ0n) is 10.8. The van der Waals surface area contributed by atoms with Gasteiger partial charge in [-0.2, -0.15) is 0 Å². The molecular weight excluding hydrogens is 261 g/mol. The smallest absolute Gasteiger partial charge is 0.271 e. The molecule has 0 bridgehead atoms. The van der Waals surface area contributed by atoms with Crippen LogP contribution in [0.5, 0.6) is 0 Å². The van der Waals surface area contributed by atoms with E-state index >= 15 is 0 Å². The predicted octanol–water partition coefficient (Wildman–Crippen LogP) is 0.631. The summed E-state index contributed by atoms with van der Waals surface area (Å²) in [7, 11) is 0. The number of hydrogen-bond acceptors (Lipinski definition) is 5. The average molecular weight is 275 g/mol. The molecule has 1 aromatic heterocycles. The van der Waals surface area contributed by atoms with E-state index in [1.807, 2.05) is 15.9 Å². The second-order valence-electron chi connectivity index (χ2n) is 4.58. The average Bonchev–Trinajstić information content (AvgIpc) is 2.48. The SMILES string of the molecule is O=c1cnnc(N2CCN(c3ccccc3F)CC2)[nH]1. The highest BCUT2D eigenvalue weighted by Gasteiger charge is 2.20. The van der Waals surface area contributed by atoms with E-state index in [9.17, 15) is 9.18 Å². The number of aromatic nitrogens is 3. The van der Waals surface area contributed by atoms with Gasteiger partial charge in [-0.3, -0.25) is 9.78 Å². The van der Waals surface area contributed by atoms with Crippen molar-refractivity contribution in [1.29, 1.82) is 0 Å². The first-order valence-corrected chi connectivity index (χ1v) is 6.40. The van der Waals surface area contributed by atoms with Crippen LogP contribution in [0.4, 0.5) is 16.0 Å². The Bertz CT molecular complexity index is 651. The van der Waals surface area contributed by atoms with Crippen LogP contribution in [0.1, 0.15) is 0 Å². The third-order valence-corrected chi connectivity index (χ3v) is 3.33. The molecule has 1 saturated heterocycles. The van der Waals surface area contributed by atoms with Crippen LogP contribution in [-0.4, -0.2) is 41.4 Å². The first-order chi connectivity index (χ1) is 9.74. The first kappa shape index (κ1) is 12.6. The van der Waals surface area contributed by atoms with Crippen LogP contribution in [0.3, 0.4) is 0 Å². The molecule has 1 N–H and O–H groups in total. The van der Waals surface area contributed by atoms with Crippen molar-refractivity contribution in [3.8, 4) is 0 Å². The standard InChI is InChI=1S/C13H14FN5O/c14-10-3-1-2-4-11(10)18-5-7-19(8-6-18)13-16-12(20)9-15-17-13/h1-4,9H,5-8H2,(H,16,17,20). The molecule has 1 aliphatic heterocycles. The Morgan fingerprint density at radius 3 is 2.50 bits per heavy atom. The number of anilines is 2. The molecule has 0 aliphatic carbocycles. The Kier molecular flexibility index (Phi) is 3.32. The fraction of sp³-hybridized carbons (Fsp3) is 0.308. The number of aromatic amines is 1. The molecule has 0 spiro atoms. The summed E-state index contributed by atoms with van der Waals surface area (Å²) in [6, 6.07) is 6.74. The summed E-state index contributed by atoms with van der Waals surface area (Å²) in [5, 5.41) is 7.55. The van der Waals surface area contributed by atoms with Crippen molar-refractivity contribution in [3.05, 3.63) is 46.6 Å². The summed E-state index contributed by atoms with van der Waals surface area (Å²) in [5.74, 6) is 0.250. The molecule has 1 fully saturated rings. The molecule has 2 heterocycles. The Hall–Kier alpha value is -2.44. The fourth-order valence-corrected chi connectivity index (χ4v) is 2.31. The van der Waals surface area contributed by atoms with Gasteiger partial charge >= 0.3 is 0 Å². The van der Waals surface area contributed by atoms with Crippen molar-refractivity contribution >= 4 is 11.6 Å². The summed E-state index contributed by atoms with van der Waals surface area (Å²) in [5.41, 5.74) is 0.339. The number of nitrogens with zero attached hydrogens (tertiary/aromatic N) is 4. The minimum absolute atomic E-state index is 0.214. The highest BCUT2D eigenvalue weighted by molar-refractivity contribution is 5.49. The molecule has 104 valence electrons. The number of para-hydroxylation sites is 1. The fourth-order valence-electron chi connectivity index (χ4n) is 2.31. The number of hydrogen-bond donors (Lipinski definition) is 1. The minimum atomic E-state index is -0.272. The lowest BCUT2D eigenvalue weighted by Crippen LogP contribution is -2.47. The van der Waals surface area contributed by atoms with Gasteiger partial charge in [-0.15, -0.1) is 10.2 Å². The first-order valence-electron chi connectivity index (χ1n) is 6.40. The number of piperazine rings is 1. The van der Waals surface area contributed by atoms with Gasteiger partial charge in [0.1, 0.15) is 12.0 Å². The van der Waals surface area contributed by atoms with Gasteiger partial charge in [0.2, 0.25) is 5.95 Å². The lowest BCUT2D eigenvalue weighted by atomic mass is 10.2. The molecule has 0 saturated carbocycles. The molecule has 3 rings (SSSR count). The number of nitrogens with one attached hydrogen (secondary N) is 1. The molecule has 2 aromatic rings. The van der Waals surface area contributed by atoms with Crippen molar-refractivity contribution in [2.75, 3.05) is 36.0 Å². The van der Waals surface area contributed by atoms with Gasteiger partial charge in [-0.1, -0.05) is 12.1 Å². The van der Waals surface area contributed by atoms with Crippen LogP contribution < -0.4 is 15.4 Å². The van der Waals surface area contributed by atoms with Crippen LogP contribution in [0.25, 0.3) is 0 Å². The molecule has 1 aliphatic rings. The molecule has 0 amide bonds. The lowest BCUT2D eigenvalue weighted by Gasteiger charge is -2.36. The van der Waals surface area contributed by atoms with Crippen LogP contribution in [0.2, 0.25) is 0 Å². The highest BCUT2D eigenvalue weighted by Crippen LogP contribution is 2.20. The predicted molar refractivity (Wildman–Crippen MR) is 73.5 cm³/mol. The van der Waals surface area contributed by atoms with Gasteiger partial charge < -0.3 is 9.80 Å². The third kappa shape index (κ3) is 2.47. The number of H-pyrrole nitrogens is 1. The molecule has 1 aromatic carbocycles. The molecule has 0 atom stereocenters. The molecule has 20 heavy (non-hydrogen) atoms. The normalized spacial score (nSPS) is 15.4. The number of benzene rings is 1. The van der Waals surface area contributed by atoms with E-state index in [1.54, 1.807) is 12.1 Å². The van der Waals surface area contributed by atoms with Crippen molar-refractivity contribution < 1.29 is 4.39 Å². The van der Waals surface area contributed by atoms with Crippen LogP contribution in [0, 0.1) is 5.82 Å². The second-order valence-corrected chi connectivity index (χ2v) is 4.58. The van der Waals surface area contributed by atoms with E-state index < -0.39 is 0 Å². The van der Waals surface area contributed by atoms with Crippen molar-refractivity contribution in [3.63, 3.8) is 0 Å². The highest BCUT2D eigenvalue weighted by atomic mass is 19.1. The maximum atomic E-state index is 13.7. The second kappa shape index (κ2) is 5.28. The summed E-state index contributed by atoms with van der Waals surface area (Å²) >= 11 is 0.